The fourth-order valence-corrected chi connectivity index (χ4v) is 4.74. The lowest BCUT2D eigenvalue weighted by Gasteiger charge is -2.29. The molecule has 30 heavy (non-hydrogen) atoms. The lowest BCUT2D eigenvalue weighted by Crippen LogP contribution is -2.28. The molecule has 0 spiro atoms. The topological polar surface area (TPSA) is 62.1 Å². The van der Waals surface area contributed by atoms with Crippen molar-refractivity contribution in [3.63, 3.8) is 0 Å². The van der Waals surface area contributed by atoms with Crippen molar-refractivity contribution in [3.05, 3.63) is 47.9 Å². The van der Waals surface area contributed by atoms with Gasteiger partial charge >= 0.3 is 0 Å². The Morgan fingerprint density at radius 2 is 2.00 bits per heavy atom. The summed E-state index contributed by atoms with van der Waals surface area (Å²) in [6, 6.07) is 6.85. The van der Waals surface area contributed by atoms with Gasteiger partial charge in [-0.1, -0.05) is 19.1 Å². The van der Waals surface area contributed by atoms with Crippen LogP contribution < -0.4 is 4.74 Å². The molecule has 0 amide bonds. The average Bonchev–Trinajstić information content (AvgIpc) is 3.18. The minimum absolute atomic E-state index is 0.343. The van der Waals surface area contributed by atoms with Crippen LogP contribution in [0.2, 0.25) is 0 Å². The van der Waals surface area contributed by atoms with Crippen molar-refractivity contribution in [2.45, 2.75) is 33.2 Å². The lowest BCUT2D eigenvalue weighted by molar-refractivity contribution is 0.0264. The van der Waals surface area contributed by atoms with Crippen molar-refractivity contribution < 1.29 is 9.47 Å². The van der Waals surface area contributed by atoms with E-state index in [0.29, 0.717) is 17.8 Å². The molecular formula is C24H26N4O2. The lowest BCUT2D eigenvalue weighted by atomic mass is 9.95. The van der Waals surface area contributed by atoms with Crippen LogP contribution in [-0.4, -0.2) is 40.1 Å². The minimum Gasteiger partial charge on any atom is -0.481 e. The van der Waals surface area contributed by atoms with Gasteiger partial charge in [0.15, 0.2) is 0 Å². The van der Waals surface area contributed by atoms with Gasteiger partial charge in [0.2, 0.25) is 5.88 Å². The van der Waals surface area contributed by atoms with E-state index in [9.17, 15) is 0 Å². The van der Waals surface area contributed by atoms with Crippen LogP contribution in [0, 0.1) is 19.8 Å². The van der Waals surface area contributed by atoms with E-state index < -0.39 is 0 Å². The molecule has 0 N–H and O–H groups in total. The van der Waals surface area contributed by atoms with E-state index in [1.807, 2.05) is 18.6 Å². The number of aryl methyl sites for hydroxylation is 1. The predicted octanol–water partition coefficient (Wildman–Crippen LogP) is 4.87. The van der Waals surface area contributed by atoms with Crippen molar-refractivity contribution in [2.24, 2.45) is 5.92 Å². The third kappa shape index (κ3) is 2.94. The highest BCUT2D eigenvalue weighted by Gasteiger charge is 2.26. The van der Waals surface area contributed by atoms with Crippen LogP contribution in [0.25, 0.3) is 32.9 Å². The molecule has 1 fully saturated rings. The first-order chi connectivity index (χ1) is 14.6. The van der Waals surface area contributed by atoms with E-state index in [1.165, 1.54) is 0 Å². The number of ether oxygens (including phenoxy) is 2. The number of fused-ring (bicyclic) bond motifs is 3. The Labute approximate surface area is 175 Å². The standard InChI is InChI=1S/C24H26N4O2/c1-14-10-26-24(29-4)16(3)22(14)17-5-6-19-20(9-17)25-11-18-12-27-28(23(18)19)21-7-8-30-13-15(21)2/h5-6,9-12,15,21H,7-8,13H2,1-4H3. The van der Waals surface area contributed by atoms with Crippen molar-refractivity contribution in [1.29, 1.82) is 0 Å². The van der Waals surface area contributed by atoms with Gasteiger partial charge in [0.25, 0.3) is 0 Å². The van der Waals surface area contributed by atoms with E-state index in [2.05, 4.69) is 48.6 Å². The Morgan fingerprint density at radius 3 is 2.80 bits per heavy atom. The van der Waals surface area contributed by atoms with Gasteiger partial charge in [-0.3, -0.25) is 9.67 Å². The van der Waals surface area contributed by atoms with Crippen LogP contribution in [0.5, 0.6) is 5.88 Å². The summed E-state index contributed by atoms with van der Waals surface area (Å²) >= 11 is 0. The summed E-state index contributed by atoms with van der Waals surface area (Å²) in [5.41, 5.74) is 6.56. The van der Waals surface area contributed by atoms with Crippen LogP contribution in [-0.2, 0) is 4.74 Å². The smallest absolute Gasteiger partial charge is 0.216 e. The van der Waals surface area contributed by atoms with Gasteiger partial charge in [0.05, 0.1) is 37.0 Å². The highest BCUT2D eigenvalue weighted by molar-refractivity contribution is 6.04. The van der Waals surface area contributed by atoms with E-state index in [0.717, 1.165) is 63.7 Å². The van der Waals surface area contributed by atoms with Gasteiger partial charge in [-0.25, -0.2) is 4.98 Å². The highest BCUT2D eigenvalue weighted by atomic mass is 16.5. The number of methoxy groups -OCH3 is 1. The zero-order chi connectivity index (χ0) is 20.8. The normalized spacial score (nSPS) is 19.5. The molecule has 2 atom stereocenters. The molecule has 5 rings (SSSR count). The number of benzene rings is 1. The van der Waals surface area contributed by atoms with Crippen LogP contribution in [0.3, 0.4) is 0 Å². The van der Waals surface area contributed by atoms with Gasteiger partial charge in [0.1, 0.15) is 0 Å². The van der Waals surface area contributed by atoms with Crippen molar-refractivity contribution in [2.75, 3.05) is 20.3 Å². The zero-order valence-corrected chi connectivity index (χ0v) is 17.8. The summed E-state index contributed by atoms with van der Waals surface area (Å²) in [7, 11) is 1.66. The van der Waals surface area contributed by atoms with Crippen LogP contribution in [0.4, 0.5) is 0 Å². The summed E-state index contributed by atoms with van der Waals surface area (Å²) in [5, 5.41) is 6.95. The number of hydrogen-bond donors (Lipinski definition) is 0. The predicted molar refractivity (Wildman–Crippen MR) is 118 cm³/mol. The summed E-state index contributed by atoms with van der Waals surface area (Å²) in [4.78, 5) is 9.14. The van der Waals surface area contributed by atoms with Crippen LogP contribution in [0.15, 0.2) is 36.8 Å². The molecule has 1 aliphatic rings. The molecule has 0 bridgehead atoms. The van der Waals surface area contributed by atoms with Gasteiger partial charge in [0, 0.05) is 41.3 Å². The quantitative estimate of drug-likeness (QED) is 0.489. The Morgan fingerprint density at radius 1 is 1.13 bits per heavy atom. The monoisotopic (exact) mass is 402 g/mol. The van der Waals surface area contributed by atoms with E-state index in [1.54, 1.807) is 7.11 Å². The van der Waals surface area contributed by atoms with E-state index in [4.69, 9.17) is 19.6 Å². The van der Waals surface area contributed by atoms with Crippen LogP contribution in [0.1, 0.15) is 30.5 Å². The molecule has 0 aliphatic carbocycles. The fourth-order valence-electron chi connectivity index (χ4n) is 4.74. The summed E-state index contributed by atoms with van der Waals surface area (Å²) < 4.78 is 13.3. The maximum Gasteiger partial charge on any atom is 0.216 e. The Balaban J connectivity index is 1.69. The van der Waals surface area contributed by atoms with Crippen LogP contribution >= 0.6 is 0 Å². The first-order valence-corrected chi connectivity index (χ1v) is 10.4. The summed E-state index contributed by atoms with van der Waals surface area (Å²) in [6.07, 6.45) is 6.71. The molecule has 1 aliphatic heterocycles. The number of hydrogen-bond acceptors (Lipinski definition) is 5. The van der Waals surface area contributed by atoms with Gasteiger partial charge < -0.3 is 9.47 Å². The third-order valence-corrected chi connectivity index (χ3v) is 6.28. The molecule has 4 heterocycles. The molecule has 2 unspecified atom stereocenters. The summed E-state index contributed by atoms with van der Waals surface area (Å²) in [6.45, 7) is 7.93. The van der Waals surface area contributed by atoms with Gasteiger partial charge in [-0.15, -0.1) is 0 Å². The molecular weight excluding hydrogens is 376 g/mol. The SMILES string of the molecule is COc1ncc(C)c(-c2ccc3c(c2)ncc2cnn(C4CCOCC4C)c23)c1C. The molecule has 6 nitrogen and oxygen atoms in total. The molecule has 1 saturated heterocycles. The second-order valence-corrected chi connectivity index (χ2v) is 8.24. The maximum absolute atomic E-state index is 5.65. The van der Waals surface area contributed by atoms with Gasteiger partial charge in [-0.05, 0) is 43.0 Å². The third-order valence-electron chi connectivity index (χ3n) is 6.28. The molecule has 154 valence electrons. The second-order valence-electron chi connectivity index (χ2n) is 8.24. The Kier molecular flexibility index (Phi) is 4.66. The molecule has 6 heteroatoms. The highest BCUT2D eigenvalue weighted by Crippen LogP contribution is 2.36. The number of rotatable bonds is 3. The fraction of sp³-hybridized carbons (Fsp3) is 0.375. The Bertz CT molecular complexity index is 1250. The van der Waals surface area contributed by atoms with Crippen molar-refractivity contribution in [1.82, 2.24) is 19.7 Å². The van der Waals surface area contributed by atoms with Gasteiger partial charge in [-0.2, -0.15) is 5.10 Å². The van der Waals surface area contributed by atoms with Crippen molar-refractivity contribution >= 4 is 21.8 Å². The average molecular weight is 402 g/mol. The largest absolute Gasteiger partial charge is 0.481 e. The molecule has 4 aromatic rings. The molecule has 0 radical (unpaired) electrons. The van der Waals surface area contributed by atoms with Crippen molar-refractivity contribution in [3.8, 4) is 17.0 Å². The van der Waals surface area contributed by atoms with E-state index >= 15 is 0 Å². The van der Waals surface area contributed by atoms with E-state index in [-0.39, 0.29) is 0 Å². The number of nitrogens with zero attached hydrogens (tertiary/aromatic N) is 4. The summed E-state index contributed by atoms with van der Waals surface area (Å²) in [5.74, 6) is 1.09. The zero-order valence-electron chi connectivity index (χ0n) is 17.8. The number of aromatic nitrogens is 4. The minimum atomic E-state index is 0.343. The first-order valence-electron chi connectivity index (χ1n) is 10.4. The molecule has 1 aromatic carbocycles. The first kappa shape index (κ1) is 19.0. The molecule has 0 saturated carbocycles. The maximum atomic E-state index is 5.65. The number of pyridine rings is 2. The molecule has 3 aromatic heterocycles. The second kappa shape index (κ2) is 7.36. The Hall–Kier alpha value is -2.99.